The first kappa shape index (κ1) is 13.8. The van der Waals surface area contributed by atoms with Gasteiger partial charge in [0.2, 0.25) is 0 Å². The van der Waals surface area contributed by atoms with Gasteiger partial charge in [0.1, 0.15) is 5.75 Å². The fraction of sp³-hybridized carbons (Fsp3) is 0.125. The molecule has 0 bridgehead atoms. The van der Waals surface area contributed by atoms with Gasteiger partial charge in [-0.25, -0.2) is 4.79 Å². The monoisotopic (exact) mass is 270 g/mol. The first-order valence-electron chi connectivity index (χ1n) is 6.23. The third kappa shape index (κ3) is 3.95. The predicted molar refractivity (Wildman–Crippen MR) is 73.8 cm³/mol. The van der Waals surface area contributed by atoms with Gasteiger partial charge in [-0.2, -0.15) is 0 Å². The highest BCUT2D eigenvalue weighted by atomic mass is 16.5. The molecule has 2 rings (SSSR count). The van der Waals surface area contributed by atoms with Gasteiger partial charge in [0.05, 0.1) is 5.56 Å². The summed E-state index contributed by atoms with van der Waals surface area (Å²) in [5, 5.41) is 8.76. The molecule has 0 aliphatic heterocycles. The molecule has 20 heavy (non-hydrogen) atoms. The van der Waals surface area contributed by atoms with Crippen LogP contribution in [0.4, 0.5) is 0 Å². The Labute approximate surface area is 116 Å². The van der Waals surface area contributed by atoms with E-state index in [-0.39, 0.29) is 18.0 Å². The molecule has 4 nitrogen and oxygen atoms in total. The summed E-state index contributed by atoms with van der Waals surface area (Å²) in [4.78, 5) is 22.4. The molecule has 0 aliphatic carbocycles. The highest BCUT2D eigenvalue weighted by molar-refractivity contribution is 5.87. The number of benzene rings is 2. The summed E-state index contributed by atoms with van der Waals surface area (Å²) in [6, 6.07) is 15.4. The number of carboxylic acids is 1. The molecule has 4 heteroatoms. The summed E-state index contributed by atoms with van der Waals surface area (Å²) in [5.41, 5.74) is 1.24. The van der Waals surface area contributed by atoms with Gasteiger partial charge in [0, 0.05) is 6.42 Å². The highest BCUT2D eigenvalue weighted by Crippen LogP contribution is 2.13. The molecule has 0 amide bonds. The summed E-state index contributed by atoms with van der Waals surface area (Å²) >= 11 is 0. The Hall–Kier alpha value is -2.62. The van der Waals surface area contributed by atoms with Gasteiger partial charge >= 0.3 is 11.9 Å². The maximum Gasteiger partial charge on any atom is 0.335 e. The number of hydrogen-bond acceptors (Lipinski definition) is 3. The molecule has 0 radical (unpaired) electrons. The van der Waals surface area contributed by atoms with Gasteiger partial charge in [0.15, 0.2) is 0 Å². The number of aryl methyl sites for hydroxylation is 1. The average molecular weight is 270 g/mol. The summed E-state index contributed by atoms with van der Waals surface area (Å²) in [7, 11) is 0. The summed E-state index contributed by atoms with van der Waals surface area (Å²) in [5.74, 6) is -0.989. The van der Waals surface area contributed by atoms with Crippen molar-refractivity contribution in [2.45, 2.75) is 12.8 Å². The van der Waals surface area contributed by atoms with Crippen molar-refractivity contribution in [3.63, 3.8) is 0 Å². The molecule has 102 valence electrons. The number of ether oxygens (including phenoxy) is 1. The molecule has 0 saturated heterocycles. The van der Waals surface area contributed by atoms with Crippen LogP contribution in [0.1, 0.15) is 22.3 Å². The van der Waals surface area contributed by atoms with Crippen molar-refractivity contribution in [1.29, 1.82) is 0 Å². The van der Waals surface area contributed by atoms with Crippen LogP contribution in [0.2, 0.25) is 0 Å². The van der Waals surface area contributed by atoms with E-state index in [0.717, 1.165) is 5.56 Å². The first-order chi connectivity index (χ1) is 9.65. The zero-order valence-corrected chi connectivity index (χ0v) is 10.8. The normalized spacial score (nSPS) is 10.0. The SMILES string of the molecule is O=C(CCc1ccccc1)Oc1ccc(C(=O)O)cc1. The van der Waals surface area contributed by atoms with E-state index in [2.05, 4.69) is 0 Å². The predicted octanol–water partition coefficient (Wildman–Crippen LogP) is 2.92. The second-order valence-corrected chi connectivity index (χ2v) is 4.29. The number of aromatic carboxylic acids is 1. The quantitative estimate of drug-likeness (QED) is 0.670. The van der Waals surface area contributed by atoms with Crippen molar-refractivity contribution in [3.05, 3.63) is 65.7 Å². The van der Waals surface area contributed by atoms with E-state index < -0.39 is 5.97 Å². The third-order valence-corrected chi connectivity index (χ3v) is 2.79. The van der Waals surface area contributed by atoms with E-state index >= 15 is 0 Å². The van der Waals surface area contributed by atoms with Crippen molar-refractivity contribution < 1.29 is 19.4 Å². The molecule has 2 aromatic rings. The van der Waals surface area contributed by atoms with Crippen LogP contribution in [0.25, 0.3) is 0 Å². The number of rotatable bonds is 5. The van der Waals surface area contributed by atoms with Crippen LogP contribution in [0.15, 0.2) is 54.6 Å². The van der Waals surface area contributed by atoms with Gasteiger partial charge in [0.25, 0.3) is 0 Å². The summed E-state index contributed by atoms with van der Waals surface area (Å²) in [6.07, 6.45) is 0.900. The Balaban J connectivity index is 1.86. The molecule has 0 saturated carbocycles. The number of carboxylic acid groups (broad SMARTS) is 1. The zero-order chi connectivity index (χ0) is 14.4. The molecule has 0 fully saturated rings. The lowest BCUT2D eigenvalue weighted by atomic mass is 10.1. The average Bonchev–Trinajstić information content (AvgIpc) is 2.47. The Kier molecular flexibility index (Phi) is 4.50. The second kappa shape index (κ2) is 6.52. The standard InChI is InChI=1S/C16H14O4/c17-15(11-6-12-4-2-1-3-5-12)20-14-9-7-13(8-10-14)16(18)19/h1-5,7-10H,6,11H2,(H,18,19). The molecule has 0 atom stereocenters. The maximum atomic E-state index is 11.7. The van der Waals surface area contributed by atoms with Crippen LogP contribution in [0, 0.1) is 0 Å². The van der Waals surface area contributed by atoms with E-state index in [0.29, 0.717) is 12.2 Å². The number of hydrogen-bond donors (Lipinski definition) is 1. The lowest BCUT2D eigenvalue weighted by Crippen LogP contribution is -2.09. The molecule has 0 unspecified atom stereocenters. The lowest BCUT2D eigenvalue weighted by Gasteiger charge is -2.04. The maximum absolute atomic E-state index is 11.7. The number of carbonyl (C=O) groups is 2. The van der Waals surface area contributed by atoms with Crippen molar-refractivity contribution in [1.82, 2.24) is 0 Å². The first-order valence-corrected chi connectivity index (χ1v) is 6.23. The minimum Gasteiger partial charge on any atom is -0.478 e. The van der Waals surface area contributed by atoms with Gasteiger partial charge in [-0.1, -0.05) is 30.3 Å². The van der Waals surface area contributed by atoms with Crippen LogP contribution < -0.4 is 4.74 Å². The molecule has 0 aromatic heterocycles. The summed E-state index contributed by atoms with van der Waals surface area (Å²) < 4.78 is 5.14. The second-order valence-electron chi connectivity index (χ2n) is 4.29. The van der Waals surface area contributed by atoms with Gasteiger partial charge in [-0.15, -0.1) is 0 Å². The fourth-order valence-electron chi connectivity index (χ4n) is 1.74. The van der Waals surface area contributed by atoms with Crippen LogP contribution >= 0.6 is 0 Å². The van der Waals surface area contributed by atoms with Gasteiger partial charge in [-0.05, 0) is 36.2 Å². The molecule has 2 aromatic carbocycles. The molecule has 0 heterocycles. The molecule has 0 aliphatic rings. The third-order valence-electron chi connectivity index (χ3n) is 2.79. The van der Waals surface area contributed by atoms with E-state index in [9.17, 15) is 9.59 Å². The minimum absolute atomic E-state index is 0.161. The highest BCUT2D eigenvalue weighted by Gasteiger charge is 2.07. The van der Waals surface area contributed by atoms with E-state index in [1.165, 1.54) is 24.3 Å². The molecular weight excluding hydrogens is 256 g/mol. The largest absolute Gasteiger partial charge is 0.478 e. The van der Waals surface area contributed by atoms with Crippen molar-refractivity contribution in [3.8, 4) is 5.75 Å². The van der Waals surface area contributed by atoms with E-state index in [1.807, 2.05) is 30.3 Å². The molecular formula is C16H14O4. The topological polar surface area (TPSA) is 63.6 Å². The van der Waals surface area contributed by atoms with Crippen molar-refractivity contribution in [2.24, 2.45) is 0 Å². The fourth-order valence-corrected chi connectivity index (χ4v) is 1.74. The minimum atomic E-state index is -1.01. The van der Waals surface area contributed by atoms with Crippen LogP contribution in [0.3, 0.4) is 0 Å². The van der Waals surface area contributed by atoms with Gasteiger partial charge in [-0.3, -0.25) is 4.79 Å². The summed E-state index contributed by atoms with van der Waals surface area (Å²) in [6.45, 7) is 0. The Morgan fingerprint density at radius 2 is 1.60 bits per heavy atom. The number of carbonyl (C=O) groups excluding carboxylic acids is 1. The Morgan fingerprint density at radius 1 is 0.950 bits per heavy atom. The lowest BCUT2D eigenvalue weighted by molar-refractivity contribution is -0.134. The zero-order valence-electron chi connectivity index (χ0n) is 10.8. The van der Waals surface area contributed by atoms with Crippen LogP contribution in [0.5, 0.6) is 5.75 Å². The van der Waals surface area contributed by atoms with Crippen molar-refractivity contribution in [2.75, 3.05) is 0 Å². The Morgan fingerprint density at radius 3 is 2.20 bits per heavy atom. The van der Waals surface area contributed by atoms with E-state index in [4.69, 9.17) is 9.84 Å². The smallest absolute Gasteiger partial charge is 0.335 e. The number of esters is 1. The Bertz CT molecular complexity index is 588. The van der Waals surface area contributed by atoms with Crippen molar-refractivity contribution >= 4 is 11.9 Å². The van der Waals surface area contributed by atoms with Crippen LogP contribution in [-0.2, 0) is 11.2 Å². The molecule has 1 N–H and O–H groups in total. The van der Waals surface area contributed by atoms with Gasteiger partial charge < -0.3 is 9.84 Å². The molecule has 0 spiro atoms. The van der Waals surface area contributed by atoms with E-state index in [1.54, 1.807) is 0 Å². The van der Waals surface area contributed by atoms with Crippen LogP contribution in [-0.4, -0.2) is 17.0 Å².